The van der Waals surface area contributed by atoms with Crippen LogP contribution in [-0.2, 0) is 0 Å². The average molecular weight is 293 g/mol. The molecule has 0 aromatic carbocycles. The Bertz CT molecular complexity index is 349. The maximum atomic E-state index is 8.86. The minimum atomic E-state index is -0.178. The number of hydrogen-bond donors (Lipinski definition) is 2. The van der Waals surface area contributed by atoms with E-state index in [1.165, 1.54) is 0 Å². The van der Waals surface area contributed by atoms with Crippen LogP contribution in [0.2, 0.25) is 0 Å². The molecule has 0 aromatic rings. The molecule has 2 nitrogen and oxygen atoms in total. The Kier molecular flexibility index (Phi) is 21.8. The van der Waals surface area contributed by atoms with Crippen LogP contribution >= 0.6 is 0 Å². The lowest BCUT2D eigenvalue weighted by molar-refractivity contribution is 0.265. The first-order valence-electron chi connectivity index (χ1n) is 7.71. The summed E-state index contributed by atoms with van der Waals surface area (Å²) in [5.74, 6) is 0. The minimum absolute atomic E-state index is 0.0160. The van der Waals surface area contributed by atoms with Crippen molar-refractivity contribution in [3.05, 3.63) is 60.3 Å². The number of nitrogens with two attached hydrogens (primary N) is 1. The molecule has 0 heterocycles. The van der Waals surface area contributed by atoms with Crippen molar-refractivity contribution in [2.24, 2.45) is 5.73 Å². The molecule has 0 fully saturated rings. The molecular weight excluding hydrogens is 258 g/mol. The van der Waals surface area contributed by atoms with E-state index in [1.807, 2.05) is 59.8 Å². The van der Waals surface area contributed by atoms with Crippen LogP contribution in [0.4, 0.5) is 0 Å². The zero-order valence-electron chi connectivity index (χ0n) is 14.8. The Hall–Kier alpha value is -1.38. The highest BCUT2D eigenvalue weighted by atomic mass is 16.3. The number of aliphatic hydroxyl groups is 1. The second-order valence-corrected chi connectivity index (χ2v) is 4.07. The maximum absolute atomic E-state index is 8.86. The second-order valence-electron chi connectivity index (χ2n) is 4.07. The van der Waals surface area contributed by atoms with E-state index in [-0.39, 0.29) is 12.6 Å². The van der Waals surface area contributed by atoms with Gasteiger partial charge in [0, 0.05) is 6.04 Å². The molecule has 0 radical (unpaired) electrons. The molecular formula is C19H35NO. The van der Waals surface area contributed by atoms with Gasteiger partial charge in [0.1, 0.15) is 0 Å². The molecule has 0 aliphatic carbocycles. The van der Waals surface area contributed by atoms with Crippen LogP contribution in [0, 0.1) is 0 Å². The summed E-state index contributed by atoms with van der Waals surface area (Å²) in [4.78, 5) is 0. The molecule has 0 aliphatic heterocycles. The van der Waals surface area contributed by atoms with Crippen molar-refractivity contribution in [2.75, 3.05) is 6.61 Å². The fourth-order valence-electron chi connectivity index (χ4n) is 1.40. The van der Waals surface area contributed by atoms with Gasteiger partial charge in [-0.05, 0) is 31.4 Å². The maximum Gasteiger partial charge on any atom is 0.0585 e. The highest BCUT2D eigenvalue weighted by Gasteiger charge is 2.00. The topological polar surface area (TPSA) is 46.2 Å². The summed E-state index contributed by atoms with van der Waals surface area (Å²) >= 11 is 0. The molecule has 0 bridgehead atoms. The fraction of sp³-hybridized carbons (Fsp3) is 0.474. The lowest BCUT2D eigenvalue weighted by Gasteiger charge is -2.07. The van der Waals surface area contributed by atoms with Crippen LogP contribution in [-0.4, -0.2) is 17.8 Å². The van der Waals surface area contributed by atoms with Gasteiger partial charge < -0.3 is 10.8 Å². The Balaban J connectivity index is -0.000000739. The second kappa shape index (κ2) is 18.6. The van der Waals surface area contributed by atoms with Gasteiger partial charge >= 0.3 is 0 Å². The molecule has 1 unspecified atom stereocenters. The first-order chi connectivity index (χ1) is 10.0. The summed E-state index contributed by atoms with van der Waals surface area (Å²) in [6.45, 7) is 19.5. The molecule has 0 rings (SSSR count). The average Bonchev–Trinajstić information content (AvgIpc) is 2.53. The van der Waals surface area contributed by atoms with Gasteiger partial charge in [0.2, 0.25) is 0 Å². The summed E-state index contributed by atoms with van der Waals surface area (Å²) in [5, 5.41) is 8.86. The summed E-state index contributed by atoms with van der Waals surface area (Å²) in [7, 11) is 0. The molecule has 1 atom stereocenters. The summed E-state index contributed by atoms with van der Waals surface area (Å²) in [5.41, 5.74) is 8.98. The SMILES string of the molecule is C=C/C=C(C=C)/C(C)=C/C=C(\C)CC(N)CO.CC.CC. The lowest BCUT2D eigenvalue weighted by atomic mass is 10.0. The van der Waals surface area contributed by atoms with Crippen molar-refractivity contribution >= 4 is 0 Å². The van der Waals surface area contributed by atoms with E-state index in [0.717, 1.165) is 16.7 Å². The fourth-order valence-corrected chi connectivity index (χ4v) is 1.40. The van der Waals surface area contributed by atoms with Gasteiger partial charge in [-0.15, -0.1) is 0 Å². The molecule has 0 saturated heterocycles. The molecule has 0 saturated carbocycles. The molecule has 122 valence electrons. The van der Waals surface area contributed by atoms with Gasteiger partial charge in [0.05, 0.1) is 6.61 Å². The van der Waals surface area contributed by atoms with E-state index in [0.29, 0.717) is 6.42 Å². The molecule has 0 spiro atoms. The predicted molar refractivity (Wildman–Crippen MR) is 98.4 cm³/mol. The highest BCUT2D eigenvalue weighted by Crippen LogP contribution is 2.12. The van der Waals surface area contributed by atoms with Crippen LogP contribution in [0.15, 0.2) is 60.3 Å². The van der Waals surface area contributed by atoms with Gasteiger partial charge in [0.15, 0.2) is 0 Å². The van der Waals surface area contributed by atoms with E-state index in [2.05, 4.69) is 13.2 Å². The van der Waals surface area contributed by atoms with E-state index < -0.39 is 0 Å². The molecule has 0 amide bonds. The van der Waals surface area contributed by atoms with E-state index >= 15 is 0 Å². The third-order valence-electron chi connectivity index (χ3n) is 2.41. The Morgan fingerprint density at radius 3 is 1.95 bits per heavy atom. The van der Waals surface area contributed by atoms with Gasteiger partial charge in [-0.3, -0.25) is 0 Å². The molecule has 0 aromatic heterocycles. The normalized spacial score (nSPS) is 13.2. The standard InChI is InChI=1S/C15H23NO.2C2H6/c1-5-7-14(6-2)13(4)9-8-12(3)10-15(16)11-17;2*1-2/h5-9,15,17H,1-2,10-11,16H2,3-4H3;2*1-2H3/b12-8+,13-9+,14-7+;;. The van der Waals surface area contributed by atoms with Gasteiger partial charge in [-0.25, -0.2) is 0 Å². The molecule has 21 heavy (non-hydrogen) atoms. The third kappa shape index (κ3) is 14.8. The van der Waals surface area contributed by atoms with Crippen LogP contribution in [0.1, 0.15) is 48.0 Å². The Morgan fingerprint density at radius 2 is 1.57 bits per heavy atom. The van der Waals surface area contributed by atoms with Gasteiger partial charge in [0.25, 0.3) is 0 Å². The van der Waals surface area contributed by atoms with Crippen molar-refractivity contribution in [1.82, 2.24) is 0 Å². The van der Waals surface area contributed by atoms with Crippen LogP contribution in [0.5, 0.6) is 0 Å². The van der Waals surface area contributed by atoms with Gasteiger partial charge in [-0.2, -0.15) is 0 Å². The number of aliphatic hydroxyl groups excluding tert-OH is 1. The largest absolute Gasteiger partial charge is 0.395 e. The van der Waals surface area contributed by atoms with Crippen LogP contribution in [0.25, 0.3) is 0 Å². The first kappa shape index (κ1) is 24.6. The molecule has 3 N–H and O–H groups in total. The van der Waals surface area contributed by atoms with Crippen LogP contribution < -0.4 is 5.73 Å². The van der Waals surface area contributed by atoms with E-state index in [1.54, 1.807) is 12.2 Å². The summed E-state index contributed by atoms with van der Waals surface area (Å²) in [6, 6.07) is -0.178. The number of allylic oxidation sites excluding steroid dienone is 7. The summed E-state index contributed by atoms with van der Waals surface area (Å²) < 4.78 is 0. The lowest BCUT2D eigenvalue weighted by Crippen LogP contribution is -2.24. The smallest absolute Gasteiger partial charge is 0.0585 e. The van der Waals surface area contributed by atoms with E-state index in [9.17, 15) is 0 Å². The zero-order valence-corrected chi connectivity index (χ0v) is 14.8. The van der Waals surface area contributed by atoms with Crippen LogP contribution in [0.3, 0.4) is 0 Å². The minimum Gasteiger partial charge on any atom is -0.395 e. The number of hydrogen-bond acceptors (Lipinski definition) is 2. The number of rotatable bonds is 7. The van der Waals surface area contributed by atoms with Crippen molar-refractivity contribution < 1.29 is 5.11 Å². The summed E-state index contributed by atoms with van der Waals surface area (Å²) in [6.07, 6.45) is 10.2. The predicted octanol–water partition coefficient (Wildman–Crippen LogP) is 4.94. The Labute approximate surface area is 132 Å². The zero-order chi connectivity index (χ0) is 17.3. The van der Waals surface area contributed by atoms with Gasteiger partial charge in [-0.1, -0.05) is 76.8 Å². The first-order valence-corrected chi connectivity index (χ1v) is 7.71. The van der Waals surface area contributed by atoms with Crippen molar-refractivity contribution in [1.29, 1.82) is 0 Å². The third-order valence-corrected chi connectivity index (χ3v) is 2.41. The Morgan fingerprint density at radius 1 is 1.05 bits per heavy atom. The van der Waals surface area contributed by atoms with E-state index in [4.69, 9.17) is 10.8 Å². The highest BCUT2D eigenvalue weighted by molar-refractivity contribution is 5.41. The monoisotopic (exact) mass is 293 g/mol. The molecule has 2 heteroatoms. The van der Waals surface area contributed by atoms with Crippen molar-refractivity contribution in [3.63, 3.8) is 0 Å². The van der Waals surface area contributed by atoms with Crippen molar-refractivity contribution in [3.8, 4) is 0 Å². The molecule has 0 aliphatic rings. The van der Waals surface area contributed by atoms with Crippen molar-refractivity contribution in [2.45, 2.75) is 54.0 Å². The quantitative estimate of drug-likeness (QED) is 0.653.